The van der Waals surface area contributed by atoms with Gasteiger partial charge in [-0.05, 0) is 71.7 Å². The molecule has 0 aliphatic heterocycles. The van der Waals surface area contributed by atoms with Gasteiger partial charge in [0.1, 0.15) is 5.75 Å². The summed E-state index contributed by atoms with van der Waals surface area (Å²) in [5, 5.41) is 12.8. The highest BCUT2D eigenvalue weighted by molar-refractivity contribution is 6.05. The number of carbonyl (C=O) groups is 2. The first-order chi connectivity index (χ1) is 22.4. The van der Waals surface area contributed by atoms with Gasteiger partial charge in [0.25, 0.3) is 17.4 Å². The van der Waals surface area contributed by atoms with E-state index in [0.29, 0.717) is 17.1 Å². The Labute approximate surface area is 274 Å². The smallest absolute Gasteiger partial charge is 0.299 e. The molecule has 0 fully saturated rings. The Morgan fingerprint density at radius 1 is 0.872 bits per heavy atom. The number of rotatable bonds is 12. The second-order valence-electron chi connectivity index (χ2n) is 12.8. The van der Waals surface area contributed by atoms with Crippen LogP contribution in [-0.2, 0) is 15.6 Å². The van der Waals surface area contributed by atoms with Gasteiger partial charge in [0.2, 0.25) is 0 Å². The summed E-state index contributed by atoms with van der Waals surface area (Å²) in [6.07, 6.45) is 5.09. The molecule has 0 aliphatic carbocycles. The predicted octanol–water partition coefficient (Wildman–Crippen LogP) is 7.00. The molecule has 2 amide bonds. The Morgan fingerprint density at radius 2 is 1.62 bits per heavy atom. The minimum absolute atomic E-state index is 0.0215. The van der Waals surface area contributed by atoms with Crippen molar-refractivity contribution in [2.75, 3.05) is 17.2 Å². The van der Waals surface area contributed by atoms with Crippen LogP contribution < -0.4 is 20.9 Å². The van der Waals surface area contributed by atoms with Crippen LogP contribution in [0.5, 0.6) is 5.75 Å². The summed E-state index contributed by atoms with van der Waals surface area (Å²) in [5.74, 6) is 0.0227. The molecule has 5 rings (SSSR count). The van der Waals surface area contributed by atoms with E-state index in [-0.39, 0.29) is 46.0 Å². The van der Waals surface area contributed by atoms with E-state index in [9.17, 15) is 14.4 Å². The van der Waals surface area contributed by atoms with Crippen molar-refractivity contribution in [2.24, 2.45) is 0 Å². The van der Waals surface area contributed by atoms with Crippen LogP contribution in [-0.4, -0.2) is 38.0 Å². The van der Waals surface area contributed by atoms with Crippen LogP contribution in [0.25, 0.3) is 11.4 Å². The second kappa shape index (κ2) is 13.5. The molecule has 0 radical (unpaired) electrons. The average Bonchev–Trinajstić information content (AvgIpc) is 3.71. The van der Waals surface area contributed by atoms with Gasteiger partial charge >= 0.3 is 0 Å². The third-order valence-corrected chi connectivity index (χ3v) is 8.88. The molecule has 3 aromatic carbocycles. The Bertz CT molecular complexity index is 1920. The molecule has 3 N–H and O–H groups in total. The molecule has 10 heteroatoms. The fraction of sp³-hybridized carbons (Fsp3) is 0.297. The molecule has 0 saturated carbocycles. The lowest BCUT2D eigenvalue weighted by atomic mass is 9.76. The number of H-pyrrole nitrogens is 1. The molecule has 47 heavy (non-hydrogen) atoms. The second-order valence-corrected chi connectivity index (χ2v) is 12.8. The van der Waals surface area contributed by atoms with Crippen LogP contribution >= 0.6 is 0 Å². The van der Waals surface area contributed by atoms with Gasteiger partial charge in [-0.3, -0.25) is 19.5 Å². The van der Waals surface area contributed by atoms with Crippen molar-refractivity contribution in [3.63, 3.8) is 0 Å². The number of nitrogens with one attached hydrogen (secondary N) is 3. The maximum Gasteiger partial charge on any atom is 0.299 e. The van der Waals surface area contributed by atoms with E-state index in [1.165, 1.54) is 14.9 Å². The van der Waals surface area contributed by atoms with E-state index in [0.717, 1.165) is 18.4 Å². The fourth-order valence-corrected chi connectivity index (χ4v) is 5.15. The van der Waals surface area contributed by atoms with Crippen molar-refractivity contribution >= 4 is 23.3 Å². The van der Waals surface area contributed by atoms with E-state index in [2.05, 4.69) is 74.5 Å². The third-order valence-electron chi connectivity index (χ3n) is 8.88. The Morgan fingerprint density at radius 3 is 2.30 bits per heavy atom. The molecular weight excluding hydrogens is 592 g/mol. The standard InChI is InChI=1S/C37H42N6O4/c1-7-36(3,4)26-18-19-30(29(23-26)37(5,6)8-2)47-24-31(44)39-27-15-12-14-25(22-27)34(45)40-33-32(42-21-13-20-38-42)35(46)43(41-33)28-16-10-9-11-17-28/h9-23,41H,7-8,24H2,1-6H3,(H,39,44)(H,40,45). The lowest BCUT2D eigenvalue weighted by molar-refractivity contribution is -0.118. The summed E-state index contributed by atoms with van der Waals surface area (Å²) in [4.78, 5) is 39.8. The summed E-state index contributed by atoms with van der Waals surface area (Å²) in [7, 11) is 0. The minimum atomic E-state index is -0.478. The van der Waals surface area contributed by atoms with E-state index >= 15 is 0 Å². The zero-order valence-electron chi connectivity index (χ0n) is 27.8. The maximum atomic E-state index is 13.4. The van der Waals surface area contributed by atoms with Crippen LogP contribution in [0.2, 0.25) is 0 Å². The van der Waals surface area contributed by atoms with Crippen molar-refractivity contribution < 1.29 is 14.3 Å². The number of ether oxygens (including phenoxy) is 1. The summed E-state index contributed by atoms with van der Waals surface area (Å²) in [5.41, 5.74) is 3.28. The monoisotopic (exact) mass is 634 g/mol. The number of hydrogen-bond donors (Lipinski definition) is 3. The van der Waals surface area contributed by atoms with Gasteiger partial charge in [0.05, 0.1) is 5.69 Å². The molecular formula is C37H42N6O4. The first-order valence-electron chi connectivity index (χ1n) is 15.8. The van der Waals surface area contributed by atoms with Crippen molar-refractivity contribution in [1.82, 2.24) is 19.6 Å². The molecule has 0 bridgehead atoms. The Balaban J connectivity index is 1.31. The molecule has 2 aromatic heterocycles. The fourth-order valence-electron chi connectivity index (χ4n) is 5.15. The number of amides is 2. The van der Waals surface area contributed by atoms with Crippen molar-refractivity contribution in [3.05, 3.63) is 118 Å². The molecule has 10 nitrogen and oxygen atoms in total. The molecule has 0 saturated heterocycles. The number of benzene rings is 3. The number of para-hydroxylation sites is 1. The molecule has 0 spiro atoms. The van der Waals surface area contributed by atoms with Gasteiger partial charge in [-0.25, -0.2) is 9.36 Å². The molecule has 0 atom stereocenters. The quantitative estimate of drug-likeness (QED) is 0.136. The summed E-state index contributed by atoms with van der Waals surface area (Å²) >= 11 is 0. The van der Waals surface area contributed by atoms with Crippen molar-refractivity contribution in [2.45, 2.75) is 65.2 Å². The number of aromatic nitrogens is 4. The van der Waals surface area contributed by atoms with Crippen LogP contribution in [0.15, 0.2) is 96.1 Å². The zero-order valence-corrected chi connectivity index (χ0v) is 27.8. The normalized spacial score (nSPS) is 11.7. The largest absolute Gasteiger partial charge is 0.483 e. The number of carbonyl (C=O) groups excluding carboxylic acids is 2. The average molecular weight is 635 g/mol. The third kappa shape index (κ3) is 7.22. The number of aromatic amines is 1. The first-order valence-corrected chi connectivity index (χ1v) is 15.8. The van der Waals surface area contributed by atoms with Gasteiger partial charge in [0, 0.05) is 29.2 Å². The first kappa shape index (κ1) is 33.0. The Kier molecular flexibility index (Phi) is 9.51. The minimum Gasteiger partial charge on any atom is -0.483 e. The molecule has 5 aromatic rings. The van der Waals surface area contributed by atoms with E-state index in [4.69, 9.17) is 4.74 Å². The van der Waals surface area contributed by atoms with Crippen molar-refractivity contribution in [1.29, 1.82) is 0 Å². The molecule has 244 valence electrons. The van der Waals surface area contributed by atoms with E-state index in [1.807, 2.05) is 24.3 Å². The number of nitrogens with zero attached hydrogens (tertiary/aromatic N) is 3. The van der Waals surface area contributed by atoms with Crippen LogP contribution in [0.3, 0.4) is 0 Å². The molecule has 0 aliphatic rings. The molecule has 0 unspecified atom stereocenters. The predicted molar refractivity (Wildman–Crippen MR) is 185 cm³/mol. The highest BCUT2D eigenvalue weighted by atomic mass is 16.5. The number of anilines is 2. The summed E-state index contributed by atoms with van der Waals surface area (Å²) in [6, 6.07) is 23.5. The molecule has 2 heterocycles. The summed E-state index contributed by atoms with van der Waals surface area (Å²) < 4.78 is 8.82. The summed E-state index contributed by atoms with van der Waals surface area (Å²) in [6.45, 7) is 12.9. The zero-order chi connectivity index (χ0) is 33.8. The van der Waals surface area contributed by atoms with Crippen LogP contribution in [0.1, 0.15) is 75.9 Å². The van der Waals surface area contributed by atoms with Crippen LogP contribution in [0, 0.1) is 0 Å². The SMILES string of the molecule is CCC(C)(C)c1ccc(OCC(=O)Nc2cccc(C(=O)Nc3[nH]n(-c4ccccc4)c(=O)c3-n3cccn3)c2)c(C(C)(C)CC)c1. The number of hydrogen-bond acceptors (Lipinski definition) is 5. The lowest BCUT2D eigenvalue weighted by Gasteiger charge is -2.30. The van der Waals surface area contributed by atoms with E-state index in [1.54, 1.807) is 54.9 Å². The van der Waals surface area contributed by atoms with E-state index < -0.39 is 5.91 Å². The van der Waals surface area contributed by atoms with Gasteiger partial charge in [-0.1, -0.05) is 77.9 Å². The topological polar surface area (TPSA) is 123 Å². The van der Waals surface area contributed by atoms with Gasteiger partial charge < -0.3 is 15.4 Å². The Hall–Kier alpha value is -5.38. The highest BCUT2D eigenvalue weighted by Gasteiger charge is 2.27. The van der Waals surface area contributed by atoms with Gasteiger partial charge in [-0.2, -0.15) is 5.10 Å². The van der Waals surface area contributed by atoms with Crippen molar-refractivity contribution in [3.8, 4) is 17.1 Å². The van der Waals surface area contributed by atoms with Gasteiger partial charge in [-0.15, -0.1) is 0 Å². The van der Waals surface area contributed by atoms with Crippen LogP contribution in [0.4, 0.5) is 11.5 Å². The van der Waals surface area contributed by atoms with Gasteiger partial charge in [0.15, 0.2) is 18.1 Å². The maximum absolute atomic E-state index is 13.4. The lowest BCUT2D eigenvalue weighted by Crippen LogP contribution is -2.24. The highest BCUT2D eigenvalue weighted by Crippen LogP contribution is 2.38.